The molecule has 1 spiro atoms. The van der Waals surface area contributed by atoms with Crippen LogP contribution in [0.4, 0.5) is 0 Å². The fraction of sp³-hybridized carbons (Fsp3) is 0.571. The molecule has 1 atom stereocenters. The molecular weight excluding hydrogens is 338 g/mol. The summed E-state index contributed by atoms with van der Waals surface area (Å²) in [5.74, 6) is 0.325. The van der Waals surface area contributed by atoms with Crippen LogP contribution in [-0.4, -0.2) is 57.1 Å². The number of carbonyl (C=O) groups excluding carboxylic acids is 1. The van der Waals surface area contributed by atoms with Crippen molar-refractivity contribution in [2.24, 2.45) is 0 Å². The van der Waals surface area contributed by atoms with Crippen LogP contribution in [0.25, 0.3) is 0 Å². The quantitative estimate of drug-likeness (QED) is 0.889. The van der Waals surface area contributed by atoms with Crippen LogP contribution in [-0.2, 0) is 5.41 Å². The van der Waals surface area contributed by atoms with Gasteiger partial charge in [-0.25, -0.2) is 4.98 Å². The molecule has 2 fully saturated rings. The summed E-state index contributed by atoms with van der Waals surface area (Å²) in [5, 5.41) is 6.51. The lowest BCUT2D eigenvalue weighted by Crippen LogP contribution is -2.48. The van der Waals surface area contributed by atoms with Gasteiger partial charge in [0, 0.05) is 19.1 Å². The molecule has 1 aromatic carbocycles. The smallest absolute Gasteiger partial charge is 0.291 e. The summed E-state index contributed by atoms with van der Waals surface area (Å²) in [4.78, 5) is 21.2. The van der Waals surface area contributed by atoms with E-state index < -0.39 is 0 Å². The first-order valence-electron chi connectivity index (χ1n) is 10.2. The molecule has 0 bridgehead atoms. The number of amides is 1. The van der Waals surface area contributed by atoms with E-state index in [1.54, 1.807) is 11.1 Å². The number of aromatic amines is 1. The van der Waals surface area contributed by atoms with E-state index in [-0.39, 0.29) is 11.3 Å². The Labute approximate surface area is 160 Å². The Morgan fingerprint density at radius 1 is 1.07 bits per heavy atom. The number of nitrogens with zero attached hydrogens (tertiary/aromatic N) is 4. The second-order valence-electron chi connectivity index (χ2n) is 8.29. The van der Waals surface area contributed by atoms with E-state index in [2.05, 4.69) is 44.3 Å². The number of H-pyrrole nitrogens is 1. The molecule has 142 valence electrons. The van der Waals surface area contributed by atoms with Crippen molar-refractivity contribution in [2.75, 3.05) is 26.2 Å². The lowest BCUT2D eigenvalue weighted by Gasteiger charge is -2.48. The first-order valence-corrected chi connectivity index (χ1v) is 10.2. The summed E-state index contributed by atoms with van der Waals surface area (Å²) in [6.45, 7) is 4.07. The molecule has 27 heavy (non-hydrogen) atoms. The van der Waals surface area contributed by atoms with Gasteiger partial charge in [-0.15, -0.1) is 0 Å². The number of likely N-dealkylation sites (tertiary alicyclic amines) is 2. The van der Waals surface area contributed by atoms with Crippen molar-refractivity contribution in [2.45, 2.75) is 50.0 Å². The number of piperidine rings is 1. The van der Waals surface area contributed by atoms with Gasteiger partial charge in [0.25, 0.3) is 5.91 Å². The Bertz CT molecular complexity index is 804. The van der Waals surface area contributed by atoms with Crippen LogP contribution in [0.1, 0.15) is 66.3 Å². The van der Waals surface area contributed by atoms with Gasteiger partial charge in [-0.05, 0) is 68.2 Å². The van der Waals surface area contributed by atoms with E-state index in [0.717, 1.165) is 25.9 Å². The molecular formula is C21H27N5O. The molecule has 0 saturated carbocycles. The van der Waals surface area contributed by atoms with Crippen LogP contribution >= 0.6 is 0 Å². The zero-order valence-electron chi connectivity index (χ0n) is 15.7. The second-order valence-corrected chi connectivity index (χ2v) is 8.29. The van der Waals surface area contributed by atoms with Crippen LogP contribution in [0.2, 0.25) is 0 Å². The summed E-state index contributed by atoms with van der Waals surface area (Å²) in [6.07, 6.45) is 8.62. The molecule has 6 nitrogen and oxygen atoms in total. The SMILES string of the molecule is O=C(c1ncn[nH]1)N1CCC2(CCC(N3CCCC3)c3ccccc32)CC1. The van der Waals surface area contributed by atoms with E-state index in [1.807, 2.05) is 4.90 Å². The number of fused-ring (bicyclic) bond motifs is 2. The number of carbonyl (C=O) groups is 1. The van der Waals surface area contributed by atoms with Crippen LogP contribution in [0.5, 0.6) is 0 Å². The molecule has 1 aliphatic carbocycles. The van der Waals surface area contributed by atoms with Gasteiger partial charge in [0.1, 0.15) is 6.33 Å². The number of rotatable bonds is 2. The molecule has 3 heterocycles. The van der Waals surface area contributed by atoms with Crippen molar-refractivity contribution in [3.8, 4) is 0 Å². The van der Waals surface area contributed by atoms with E-state index in [0.29, 0.717) is 11.9 Å². The standard InChI is InChI=1S/C21H27N5O/c27-20(19-22-15-23-24-19)26-13-9-21(10-14-26)8-7-18(25-11-3-4-12-25)16-5-1-2-6-17(16)21/h1-2,5-6,15,18H,3-4,7-14H2,(H,22,23,24). The predicted octanol–water partition coefficient (Wildman–Crippen LogP) is 2.91. The molecule has 1 amide bonds. The Morgan fingerprint density at radius 2 is 1.85 bits per heavy atom. The fourth-order valence-electron chi connectivity index (χ4n) is 5.52. The Balaban J connectivity index is 1.37. The van der Waals surface area contributed by atoms with Crippen LogP contribution in [0.15, 0.2) is 30.6 Å². The third-order valence-corrected chi connectivity index (χ3v) is 6.99. The first-order chi connectivity index (χ1) is 13.3. The third kappa shape index (κ3) is 2.87. The van der Waals surface area contributed by atoms with E-state index in [9.17, 15) is 4.79 Å². The van der Waals surface area contributed by atoms with Gasteiger partial charge in [0.05, 0.1) is 0 Å². The summed E-state index contributed by atoms with van der Waals surface area (Å²) in [6, 6.07) is 9.68. The summed E-state index contributed by atoms with van der Waals surface area (Å²) in [7, 11) is 0. The molecule has 2 aliphatic heterocycles. The van der Waals surface area contributed by atoms with Gasteiger partial charge in [0.15, 0.2) is 0 Å². The highest BCUT2D eigenvalue weighted by atomic mass is 16.2. The van der Waals surface area contributed by atoms with Crippen molar-refractivity contribution in [1.82, 2.24) is 25.0 Å². The maximum Gasteiger partial charge on any atom is 0.291 e. The normalized spacial score (nSPS) is 24.9. The number of hydrogen-bond donors (Lipinski definition) is 1. The topological polar surface area (TPSA) is 65.1 Å². The number of aromatic nitrogens is 3. The first kappa shape index (κ1) is 16.9. The number of benzene rings is 1. The highest BCUT2D eigenvalue weighted by molar-refractivity contribution is 5.90. The van der Waals surface area contributed by atoms with Gasteiger partial charge >= 0.3 is 0 Å². The number of hydrogen-bond acceptors (Lipinski definition) is 4. The zero-order chi connectivity index (χ0) is 18.3. The maximum atomic E-state index is 12.6. The monoisotopic (exact) mass is 365 g/mol. The predicted molar refractivity (Wildman–Crippen MR) is 102 cm³/mol. The van der Waals surface area contributed by atoms with Gasteiger partial charge in [-0.1, -0.05) is 24.3 Å². The van der Waals surface area contributed by atoms with Crippen LogP contribution in [0.3, 0.4) is 0 Å². The summed E-state index contributed by atoms with van der Waals surface area (Å²) >= 11 is 0. The molecule has 1 unspecified atom stereocenters. The third-order valence-electron chi connectivity index (χ3n) is 6.99. The van der Waals surface area contributed by atoms with Crippen molar-refractivity contribution < 1.29 is 4.79 Å². The molecule has 5 rings (SSSR count). The highest BCUT2D eigenvalue weighted by Crippen LogP contribution is 2.49. The Hall–Kier alpha value is -2.21. The average molecular weight is 365 g/mol. The van der Waals surface area contributed by atoms with E-state index >= 15 is 0 Å². The zero-order valence-corrected chi connectivity index (χ0v) is 15.7. The van der Waals surface area contributed by atoms with E-state index in [4.69, 9.17) is 0 Å². The molecule has 6 heteroatoms. The van der Waals surface area contributed by atoms with Crippen molar-refractivity contribution >= 4 is 5.91 Å². The van der Waals surface area contributed by atoms with Gasteiger partial charge in [-0.2, -0.15) is 5.10 Å². The Kier molecular flexibility index (Phi) is 4.23. The molecule has 0 radical (unpaired) electrons. The minimum Gasteiger partial charge on any atom is -0.336 e. The average Bonchev–Trinajstić information content (AvgIpc) is 3.43. The second kappa shape index (κ2) is 6.75. The van der Waals surface area contributed by atoms with Gasteiger partial charge < -0.3 is 4.90 Å². The van der Waals surface area contributed by atoms with Crippen molar-refractivity contribution in [3.63, 3.8) is 0 Å². The molecule has 2 saturated heterocycles. The fourth-order valence-corrected chi connectivity index (χ4v) is 5.52. The molecule has 3 aliphatic rings. The van der Waals surface area contributed by atoms with Gasteiger partial charge in [0.2, 0.25) is 5.82 Å². The Morgan fingerprint density at radius 3 is 2.59 bits per heavy atom. The van der Waals surface area contributed by atoms with Crippen molar-refractivity contribution in [3.05, 3.63) is 47.5 Å². The van der Waals surface area contributed by atoms with Crippen LogP contribution in [0, 0.1) is 0 Å². The van der Waals surface area contributed by atoms with Crippen molar-refractivity contribution in [1.29, 1.82) is 0 Å². The lowest BCUT2D eigenvalue weighted by atomic mass is 9.63. The summed E-state index contributed by atoms with van der Waals surface area (Å²) < 4.78 is 0. The molecule has 1 aromatic heterocycles. The minimum absolute atomic E-state index is 0.0265. The van der Waals surface area contributed by atoms with Gasteiger partial charge in [-0.3, -0.25) is 14.8 Å². The summed E-state index contributed by atoms with van der Waals surface area (Å²) in [5.41, 5.74) is 3.31. The largest absolute Gasteiger partial charge is 0.336 e. The lowest BCUT2D eigenvalue weighted by molar-refractivity contribution is 0.0621. The molecule has 1 N–H and O–H groups in total. The maximum absolute atomic E-state index is 12.6. The number of nitrogens with one attached hydrogen (secondary N) is 1. The molecule has 2 aromatic rings. The highest BCUT2D eigenvalue weighted by Gasteiger charge is 2.44. The minimum atomic E-state index is -0.0265. The van der Waals surface area contributed by atoms with Crippen LogP contribution < -0.4 is 0 Å². The van der Waals surface area contributed by atoms with E-state index in [1.165, 1.54) is 45.1 Å².